The van der Waals surface area contributed by atoms with E-state index in [9.17, 15) is 9.59 Å². The molecule has 2 rings (SSSR count). The molecule has 1 aromatic rings. The van der Waals surface area contributed by atoms with E-state index in [1.165, 1.54) is 0 Å². The number of carbonyl (C=O) groups is 2. The van der Waals surface area contributed by atoms with Crippen LogP contribution in [-0.4, -0.2) is 52.7 Å². The molecule has 1 aliphatic rings. The van der Waals surface area contributed by atoms with E-state index in [0.717, 1.165) is 5.56 Å². The number of ether oxygens (including phenoxy) is 1. The van der Waals surface area contributed by atoms with Crippen molar-refractivity contribution in [2.24, 2.45) is 0 Å². The summed E-state index contributed by atoms with van der Waals surface area (Å²) >= 11 is 0. The lowest BCUT2D eigenvalue weighted by molar-refractivity contribution is -0.147. The van der Waals surface area contributed by atoms with Gasteiger partial charge in [-0.1, -0.05) is 0 Å². The topological polar surface area (TPSA) is 79.7 Å². The molecule has 1 amide bonds. The van der Waals surface area contributed by atoms with Crippen molar-refractivity contribution in [1.29, 1.82) is 0 Å². The van der Waals surface area contributed by atoms with Crippen molar-refractivity contribution in [3.8, 4) is 0 Å². The number of morpholine rings is 1. The summed E-state index contributed by atoms with van der Waals surface area (Å²) < 4.78 is 5.35. The molecule has 1 atom stereocenters. The maximum absolute atomic E-state index is 12.1. The average molecular weight is 278 g/mol. The highest BCUT2D eigenvalue weighted by Crippen LogP contribution is 2.11. The molecule has 108 valence electrons. The van der Waals surface area contributed by atoms with Gasteiger partial charge in [0.2, 0.25) is 5.91 Å². The first-order chi connectivity index (χ1) is 9.65. The molecule has 0 aliphatic carbocycles. The van der Waals surface area contributed by atoms with Crippen molar-refractivity contribution in [3.63, 3.8) is 0 Å². The van der Waals surface area contributed by atoms with Gasteiger partial charge < -0.3 is 14.7 Å². The predicted molar refractivity (Wildman–Crippen MR) is 71.1 cm³/mol. The zero-order valence-corrected chi connectivity index (χ0v) is 11.2. The number of carboxylic acid groups (broad SMARTS) is 1. The van der Waals surface area contributed by atoms with E-state index in [-0.39, 0.29) is 12.3 Å². The lowest BCUT2D eigenvalue weighted by Gasteiger charge is -2.32. The number of carbonyl (C=O) groups excluding carboxylic acids is 1. The van der Waals surface area contributed by atoms with Crippen LogP contribution in [0.1, 0.15) is 18.4 Å². The van der Waals surface area contributed by atoms with Gasteiger partial charge in [0, 0.05) is 31.9 Å². The first-order valence-electron chi connectivity index (χ1n) is 6.65. The lowest BCUT2D eigenvalue weighted by atomic mass is 10.1. The number of aliphatic carboxylic acids is 1. The van der Waals surface area contributed by atoms with Gasteiger partial charge in [-0.25, -0.2) is 0 Å². The molecule has 0 aromatic carbocycles. The number of aryl methyl sites for hydroxylation is 1. The molecule has 1 fully saturated rings. The number of hydrogen-bond acceptors (Lipinski definition) is 4. The van der Waals surface area contributed by atoms with Crippen LogP contribution >= 0.6 is 0 Å². The van der Waals surface area contributed by atoms with Crippen LogP contribution in [0.25, 0.3) is 0 Å². The Labute approximate surface area is 117 Å². The Morgan fingerprint density at radius 1 is 1.40 bits per heavy atom. The second-order valence-corrected chi connectivity index (χ2v) is 4.79. The molecule has 0 spiro atoms. The molecule has 1 saturated heterocycles. The van der Waals surface area contributed by atoms with Gasteiger partial charge in [-0.15, -0.1) is 0 Å². The van der Waals surface area contributed by atoms with Crippen LogP contribution in [0.2, 0.25) is 0 Å². The van der Waals surface area contributed by atoms with Gasteiger partial charge in [0.15, 0.2) is 0 Å². The van der Waals surface area contributed by atoms with Gasteiger partial charge in [-0.05, 0) is 24.1 Å². The molecule has 1 unspecified atom stereocenters. The Kier molecular flexibility index (Phi) is 5.06. The third kappa shape index (κ3) is 4.31. The van der Waals surface area contributed by atoms with Gasteiger partial charge in [-0.2, -0.15) is 0 Å². The molecule has 6 nitrogen and oxygen atoms in total. The molecule has 1 N–H and O–H groups in total. The fourth-order valence-corrected chi connectivity index (χ4v) is 2.22. The van der Waals surface area contributed by atoms with Crippen molar-refractivity contribution in [1.82, 2.24) is 9.88 Å². The number of pyridine rings is 1. The van der Waals surface area contributed by atoms with Crippen LogP contribution in [0.5, 0.6) is 0 Å². The van der Waals surface area contributed by atoms with Crippen LogP contribution < -0.4 is 0 Å². The number of amides is 1. The number of rotatable bonds is 5. The van der Waals surface area contributed by atoms with Crippen LogP contribution in [0.15, 0.2) is 24.5 Å². The summed E-state index contributed by atoms with van der Waals surface area (Å²) in [4.78, 5) is 28.4. The zero-order chi connectivity index (χ0) is 14.4. The fourth-order valence-electron chi connectivity index (χ4n) is 2.22. The molecular formula is C14H18N2O4. The molecular weight excluding hydrogens is 260 g/mol. The van der Waals surface area contributed by atoms with Crippen molar-refractivity contribution in [3.05, 3.63) is 30.1 Å². The Balaban J connectivity index is 1.81. The second kappa shape index (κ2) is 7.00. The van der Waals surface area contributed by atoms with Gasteiger partial charge in [0.05, 0.1) is 19.1 Å². The summed E-state index contributed by atoms with van der Waals surface area (Å²) in [6.45, 7) is 1.30. The molecule has 6 heteroatoms. The van der Waals surface area contributed by atoms with Gasteiger partial charge in [-0.3, -0.25) is 14.6 Å². The minimum Gasteiger partial charge on any atom is -0.481 e. The monoisotopic (exact) mass is 278 g/mol. The zero-order valence-electron chi connectivity index (χ0n) is 11.2. The van der Waals surface area contributed by atoms with Crippen molar-refractivity contribution in [2.45, 2.75) is 25.4 Å². The van der Waals surface area contributed by atoms with Crippen molar-refractivity contribution in [2.75, 3.05) is 19.7 Å². The first kappa shape index (κ1) is 14.5. The molecule has 0 radical (unpaired) electrons. The Hall–Kier alpha value is -1.95. The molecule has 2 heterocycles. The maximum atomic E-state index is 12.1. The fraction of sp³-hybridized carbons (Fsp3) is 0.500. The van der Waals surface area contributed by atoms with E-state index in [1.807, 2.05) is 12.1 Å². The quantitative estimate of drug-likeness (QED) is 0.858. The number of nitrogens with zero attached hydrogens (tertiary/aromatic N) is 2. The third-order valence-corrected chi connectivity index (χ3v) is 3.27. The van der Waals surface area contributed by atoms with Crippen molar-refractivity contribution >= 4 is 11.9 Å². The molecule has 1 aliphatic heterocycles. The number of carboxylic acids is 1. The minimum absolute atomic E-state index is 0.0421. The maximum Gasteiger partial charge on any atom is 0.306 e. The van der Waals surface area contributed by atoms with E-state index in [1.54, 1.807) is 17.3 Å². The summed E-state index contributed by atoms with van der Waals surface area (Å²) in [6, 6.07) is 3.78. The minimum atomic E-state index is -0.902. The van der Waals surface area contributed by atoms with E-state index in [4.69, 9.17) is 9.84 Å². The predicted octanol–water partition coefficient (Wildman–Crippen LogP) is 0.716. The molecule has 20 heavy (non-hydrogen) atoms. The summed E-state index contributed by atoms with van der Waals surface area (Å²) in [5, 5.41) is 8.75. The van der Waals surface area contributed by atoms with Crippen LogP contribution in [-0.2, 0) is 20.7 Å². The smallest absolute Gasteiger partial charge is 0.306 e. The van der Waals surface area contributed by atoms with Gasteiger partial charge in [0.25, 0.3) is 0 Å². The summed E-state index contributed by atoms with van der Waals surface area (Å²) in [5.41, 5.74) is 1.07. The lowest BCUT2D eigenvalue weighted by Crippen LogP contribution is -2.46. The van der Waals surface area contributed by atoms with E-state index >= 15 is 0 Å². The highest BCUT2D eigenvalue weighted by atomic mass is 16.5. The standard InChI is InChI=1S/C14H18N2O4/c17-13(2-1-11-3-5-15-6-4-11)16-7-8-20-12(10-16)9-14(18)19/h3-6,12H,1-2,7-10H2,(H,18,19). The highest BCUT2D eigenvalue weighted by Gasteiger charge is 2.25. The summed E-state index contributed by atoms with van der Waals surface area (Å²) in [5.74, 6) is -0.860. The van der Waals surface area contributed by atoms with Crippen LogP contribution in [0, 0.1) is 0 Å². The average Bonchev–Trinajstić information content (AvgIpc) is 2.45. The van der Waals surface area contributed by atoms with E-state index < -0.39 is 12.1 Å². The van der Waals surface area contributed by atoms with Gasteiger partial charge in [0.1, 0.15) is 0 Å². The number of hydrogen-bond donors (Lipinski definition) is 1. The second-order valence-electron chi connectivity index (χ2n) is 4.79. The van der Waals surface area contributed by atoms with Crippen LogP contribution in [0.3, 0.4) is 0 Å². The Bertz CT molecular complexity index is 464. The normalized spacial score (nSPS) is 18.8. The largest absolute Gasteiger partial charge is 0.481 e. The first-order valence-corrected chi connectivity index (χ1v) is 6.65. The molecule has 0 saturated carbocycles. The van der Waals surface area contributed by atoms with E-state index in [2.05, 4.69) is 4.98 Å². The number of aromatic nitrogens is 1. The van der Waals surface area contributed by atoms with Crippen molar-refractivity contribution < 1.29 is 19.4 Å². The highest BCUT2D eigenvalue weighted by molar-refractivity contribution is 5.76. The van der Waals surface area contributed by atoms with E-state index in [0.29, 0.717) is 32.5 Å². The van der Waals surface area contributed by atoms with Gasteiger partial charge >= 0.3 is 5.97 Å². The summed E-state index contributed by atoms with van der Waals surface area (Å²) in [6.07, 6.45) is 4.04. The summed E-state index contributed by atoms with van der Waals surface area (Å²) in [7, 11) is 0. The Morgan fingerprint density at radius 3 is 2.85 bits per heavy atom. The molecule has 1 aromatic heterocycles. The third-order valence-electron chi connectivity index (χ3n) is 3.27. The Morgan fingerprint density at radius 2 is 2.15 bits per heavy atom. The molecule has 0 bridgehead atoms. The SMILES string of the molecule is O=C(O)CC1CN(C(=O)CCc2ccncc2)CCO1. The van der Waals surface area contributed by atoms with Crippen LogP contribution in [0.4, 0.5) is 0 Å².